The molecule has 1 aliphatic rings. The average molecular weight is 283 g/mol. The number of benzene rings is 1. The lowest BCUT2D eigenvalue weighted by Gasteiger charge is -2.19. The molecule has 1 aliphatic heterocycles. The molecule has 2 rings (SSSR count). The van der Waals surface area contributed by atoms with Crippen molar-refractivity contribution in [3.8, 4) is 5.75 Å². The number of nitrogens with one attached hydrogen (secondary N) is 1. The van der Waals surface area contributed by atoms with E-state index in [9.17, 15) is 4.79 Å². The minimum atomic E-state index is -0.848. The molecule has 0 unspecified atom stereocenters. The maximum atomic E-state index is 11.8. The number of carbonyl (C=O) groups is 1. The first kappa shape index (κ1) is 11.1. The number of hydrogen-bond acceptors (Lipinski definition) is 3. The number of carbonyl (C=O) groups excluding carboxylic acids is 1. The van der Waals surface area contributed by atoms with Crippen LogP contribution >= 0.6 is 15.9 Å². The van der Waals surface area contributed by atoms with E-state index in [-0.39, 0.29) is 5.91 Å². The second-order valence-corrected chi connectivity index (χ2v) is 4.71. The van der Waals surface area contributed by atoms with Gasteiger partial charge in [-0.15, -0.1) is 0 Å². The van der Waals surface area contributed by atoms with E-state index < -0.39 is 4.32 Å². The van der Waals surface area contributed by atoms with Crippen molar-refractivity contribution in [3.63, 3.8) is 0 Å². The van der Waals surface area contributed by atoms with Gasteiger partial charge in [0.2, 0.25) is 0 Å². The Morgan fingerprint density at radius 3 is 2.44 bits per heavy atom. The summed E-state index contributed by atoms with van der Waals surface area (Å²) in [4.78, 5) is 11.8. The van der Waals surface area contributed by atoms with Crippen molar-refractivity contribution in [2.75, 3.05) is 7.11 Å². The Hall–Kier alpha value is -1.36. The highest BCUT2D eigenvalue weighted by atomic mass is 79.9. The smallest absolute Gasteiger partial charge is 0.267 e. The summed E-state index contributed by atoms with van der Waals surface area (Å²) in [6.45, 7) is 1.80. The number of amides is 1. The third kappa shape index (κ3) is 1.51. The standard InChI is InChI=1S/C11H11BrN2O2/c1-7-11(12,10(15)14-13-7)8-3-5-9(16-2)6-4-8/h3-6H,1-2H3,(H,14,15)/t11-/m1/s1. The molecule has 0 saturated heterocycles. The first-order chi connectivity index (χ1) is 7.59. The van der Waals surface area contributed by atoms with E-state index in [1.54, 1.807) is 14.0 Å². The van der Waals surface area contributed by atoms with Crippen LogP contribution in [0.4, 0.5) is 0 Å². The fraction of sp³-hybridized carbons (Fsp3) is 0.273. The minimum Gasteiger partial charge on any atom is -0.497 e. The van der Waals surface area contributed by atoms with Crippen LogP contribution in [0.3, 0.4) is 0 Å². The first-order valence-corrected chi connectivity index (χ1v) is 5.57. The van der Waals surface area contributed by atoms with Crippen LogP contribution in [0.5, 0.6) is 5.75 Å². The van der Waals surface area contributed by atoms with Crippen LogP contribution in [0.25, 0.3) is 0 Å². The lowest BCUT2D eigenvalue weighted by Crippen LogP contribution is -2.35. The highest BCUT2D eigenvalue weighted by molar-refractivity contribution is 9.10. The third-order valence-electron chi connectivity index (χ3n) is 2.62. The molecule has 4 nitrogen and oxygen atoms in total. The largest absolute Gasteiger partial charge is 0.497 e. The number of methoxy groups -OCH3 is 1. The summed E-state index contributed by atoms with van der Waals surface area (Å²) in [6.07, 6.45) is 0. The molecule has 1 heterocycles. The van der Waals surface area contributed by atoms with Crippen molar-refractivity contribution < 1.29 is 9.53 Å². The van der Waals surface area contributed by atoms with Crippen molar-refractivity contribution in [2.24, 2.45) is 5.10 Å². The number of halogens is 1. The summed E-state index contributed by atoms with van der Waals surface area (Å²) in [6, 6.07) is 7.32. The molecular weight excluding hydrogens is 272 g/mol. The Bertz CT molecular complexity index is 456. The van der Waals surface area contributed by atoms with Gasteiger partial charge in [-0.3, -0.25) is 4.79 Å². The highest BCUT2D eigenvalue weighted by Gasteiger charge is 2.44. The summed E-state index contributed by atoms with van der Waals surface area (Å²) in [5.41, 5.74) is 3.99. The zero-order chi connectivity index (χ0) is 11.8. The Morgan fingerprint density at radius 1 is 1.38 bits per heavy atom. The van der Waals surface area contributed by atoms with Crippen LogP contribution in [0.1, 0.15) is 12.5 Å². The molecule has 5 heteroatoms. The van der Waals surface area contributed by atoms with Gasteiger partial charge in [0.25, 0.3) is 5.91 Å². The number of nitrogens with zero attached hydrogens (tertiary/aromatic N) is 1. The van der Waals surface area contributed by atoms with E-state index in [0.29, 0.717) is 5.71 Å². The molecule has 1 aromatic rings. The summed E-state index contributed by atoms with van der Waals surface area (Å²) >= 11 is 3.45. The Labute approximate surface area is 102 Å². The molecule has 84 valence electrons. The van der Waals surface area contributed by atoms with Crippen molar-refractivity contribution in [1.82, 2.24) is 5.43 Å². The van der Waals surface area contributed by atoms with Gasteiger partial charge in [-0.25, -0.2) is 5.43 Å². The van der Waals surface area contributed by atoms with Crippen LogP contribution in [0.2, 0.25) is 0 Å². The van der Waals surface area contributed by atoms with E-state index in [1.807, 2.05) is 24.3 Å². The van der Waals surface area contributed by atoms with E-state index in [1.165, 1.54) is 0 Å². The molecule has 0 aromatic heterocycles. The van der Waals surface area contributed by atoms with Gasteiger partial charge in [-0.05, 0) is 24.6 Å². The van der Waals surface area contributed by atoms with Gasteiger partial charge in [0, 0.05) is 0 Å². The molecule has 1 atom stereocenters. The predicted molar refractivity (Wildman–Crippen MR) is 64.9 cm³/mol. The normalized spacial score (nSPS) is 23.9. The number of rotatable bonds is 2. The lowest BCUT2D eigenvalue weighted by atomic mass is 9.95. The molecule has 0 spiro atoms. The van der Waals surface area contributed by atoms with E-state index >= 15 is 0 Å². The third-order valence-corrected chi connectivity index (χ3v) is 4.02. The van der Waals surface area contributed by atoms with E-state index in [4.69, 9.17) is 4.74 Å². The number of ether oxygens (including phenoxy) is 1. The molecule has 0 radical (unpaired) electrons. The predicted octanol–water partition coefficient (Wildman–Crippen LogP) is 1.79. The molecule has 0 saturated carbocycles. The minimum absolute atomic E-state index is 0.171. The highest BCUT2D eigenvalue weighted by Crippen LogP contribution is 2.36. The van der Waals surface area contributed by atoms with Gasteiger partial charge < -0.3 is 4.74 Å². The monoisotopic (exact) mass is 282 g/mol. The Morgan fingerprint density at radius 2 is 2.00 bits per heavy atom. The zero-order valence-electron chi connectivity index (χ0n) is 8.95. The summed E-state index contributed by atoms with van der Waals surface area (Å²) < 4.78 is 4.22. The molecule has 1 N–H and O–H groups in total. The molecule has 1 aromatic carbocycles. The summed E-state index contributed by atoms with van der Waals surface area (Å²) in [7, 11) is 1.61. The van der Waals surface area contributed by atoms with Crippen LogP contribution in [-0.4, -0.2) is 18.7 Å². The topological polar surface area (TPSA) is 50.7 Å². The van der Waals surface area contributed by atoms with Gasteiger partial charge in [-0.2, -0.15) is 5.10 Å². The van der Waals surface area contributed by atoms with Crippen molar-refractivity contribution in [1.29, 1.82) is 0 Å². The number of hydrazone groups is 1. The fourth-order valence-electron chi connectivity index (χ4n) is 1.61. The molecule has 0 bridgehead atoms. The van der Waals surface area contributed by atoms with Gasteiger partial charge >= 0.3 is 0 Å². The Balaban J connectivity index is 2.43. The van der Waals surface area contributed by atoms with Gasteiger partial charge in [0.05, 0.1) is 12.8 Å². The summed E-state index contributed by atoms with van der Waals surface area (Å²) in [5.74, 6) is 0.586. The maximum absolute atomic E-state index is 11.8. The molecular formula is C11H11BrN2O2. The van der Waals surface area contributed by atoms with Gasteiger partial charge in [-0.1, -0.05) is 28.1 Å². The average Bonchev–Trinajstić information content (AvgIpc) is 2.58. The molecule has 0 fully saturated rings. The molecule has 16 heavy (non-hydrogen) atoms. The quantitative estimate of drug-likeness (QED) is 0.841. The Kier molecular flexibility index (Phi) is 2.71. The maximum Gasteiger partial charge on any atom is 0.267 e. The van der Waals surface area contributed by atoms with Crippen LogP contribution in [-0.2, 0) is 9.12 Å². The van der Waals surface area contributed by atoms with Crippen LogP contribution in [0, 0.1) is 0 Å². The fourth-order valence-corrected chi connectivity index (χ4v) is 2.06. The van der Waals surface area contributed by atoms with Gasteiger partial charge in [0.15, 0.2) is 4.32 Å². The van der Waals surface area contributed by atoms with Crippen molar-refractivity contribution >= 4 is 27.5 Å². The van der Waals surface area contributed by atoms with Gasteiger partial charge in [0.1, 0.15) is 5.75 Å². The van der Waals surface area contributed by atoms with Crippen LogP contribution < -0.4 is 10.2 Å². The second-order valence-electron chi connectivity index (χ2n) is 3.53. The van der Waals surface area contributed by atoms with Crippen molar-refractivity contribution in [2.45, 2.75) is 11.2 Å². The molecule has 1 amide bonds. The van der Waals surface area contributed by atoms with Crippen molar-refractivity contribution in [3.05, 3.63) is 29.8 Å². The number of hydrogen-bond donors (Lipinski definition) is 1. The van der Waals surface area contributed by atoms with E-state index in [2.05, 4.69) is 26.5 Å². The number of alkyl halides is 1. The lowest BCUT2D eigenvalue weighted by molar-refractivity contribution is -0.121. The molecule has 0 aliphatic carbocycles. The van der Waals surface area contributed by atoms with E-state index in [0.717, 1.165) is 11.3 Å². The second kappa shape index (κ2) is 3.90. The SMILES string of the molecule is COc1ccc([C@@]2(Br)C(=O)NN=C2C)cc1. The zero-order valence-corrected chi connectivity index (χ0v) is 10.5. The first-order valence-electron chi connectivity index (χ1n) is 4.77. The summed E-state index contributed by atoms with van der Waals surface area (Å²) in [5, 5.41) is 3.93. The van der Waals surface area contributed by atoms with Crippen LogP contribution in [0.15, 0.2) is 29.4 Å².